The van der Waals surface area contributed by atoms with Gasteiger partial charge in [-0.1, -0.05) is 13.0 Å². The molecule has 1 rings (SSSR count). The van der Waals surface area contributed by atoms with Gasteiger partial charge >= 0.3 is 0 Å². The van der Waals surface area contributed by atoms with Gasteiger partial charge in [0.25, 0.3) is 0 Å². The number of rotatable bonds is 4. The van der Waals surface area contributed by atoms with E-state index in [0.717, 1.165) is 12.1 Å². The summed E-state index contributed by atoms with van der Waals surface area (Å²) in [6.07, 6.45) is 0.497. The van der Waals surface area contributed by atoms with Crippen LogP contribution in [0.15, 0.2) is 18.2 Å². The minimum Gasteiger partial charge on any atom is -0.350 e. The quantitative estimate of drug-likeness (QED) is 0.844. The van der Waals surface area contributed by atoms with Gasteiger partial charge in [-0.3, -0.25) is 4.79 Å². The molecule has 0 fully saturated rings. The lowest BCUT2D eigenvalue weighted by Crippen LogP contribution is -2.50. The number of nitrogens with one attached hydrogen (secondary N) is 1. The first kappa shape index (κ1) is 13.6. The fraction of sp³-hybridized carbons (Fsp3) is 0.417. The summed E-state index contributed by atoms with van der Waals surface area (Å²) >= 11 is 0. The van der Waals surface area contributed by atoms with Crippen LogP contribution in [0.4, 0.5) is 8.78 Å². The molecule has 0 radical (unpaired) electrons. The first-order valence-corrected chi connectivity index (χ1v) is 5.38. The summed E-state index contributed by atoms with van der Waals surface area (Å²) in [5, 5.41) is 2.58. The Hall–Kier alpha value is -1.49. The number of hydrogen-bond acceptors (Lipinski definition) is 2. The van der Waals surface area contributed by atoms with E-state index in [1.807, 2.05) is 0 Å². The Kier molecular flexibility index (Phi) is 4.17. The Labute approximate surface area is 99.0 Å². The smallest absolute Gasteiger partial charge is 0.240 e. The minimum atomic E-state index is -0.946. The van der Waals surface area contributed by atoms with Crippen molar-refractivity contribution >= 4 is 5.91 Å². The third-order valence-electron chi connectivity index (χ3n) is 2.69. The molecule has 17 heavy (non-hydrogen) atoms. The zero-order valence-corrected chi connectivity index (χ0v) is 9.89. The van der Waals surface area contributed by atoms with Crippen LogP contribution in [0.3, 0.4) is 0 Å². The average molecular weight is 242 g/mol. The molecule has 5 heteroatoms. The molecule has 3 nitrogen and oxygen atoms in total. The molecule has 0 aliphatic heterocycles. The molecule has 0 saturated heterocycles. The van der Waals surface area contributed by atoms with Crippen LogP contribution in [0.25, 0.3) is 0 Å². The molecule has 0 aromatic heterocycles. The third kappa shape index (κ3) is 3.49. The van der Waals surface area contributed by atoms with Crippen molar-refractivity contribution in [3.63, 3.8) is 0 Å². The molecule has 1 aromatic carbocycles. The number of amides is 1. The van der Waals surface area contributed by atoms with Crippen molar-refractivity contribution in [1.82, 2.24) is 5.32 Å². The highest BCUT2D eigenvalue weighted by atomic mass is 19.2. The number of carbonyl (C=O) groups is 1. The first-order valence-electron chi connectivity index (χ1n) is 5.38. The van der Waals surface area contributed by atoms with Crippen molar-refractivity contribution in [2.45, 2.75) is 32.4 Å². The minimum absolute atomic E-state index is 0.128. The maximum atomic E-state index is 12.9. The van der Waals surface area contributed by atoms with Crippen LogP contribution in [0.5, 0.6) is 0 Å². The molecule has 94 valence electrons. The van der Waals surface area contributed by atoms with Gasteiger partial charge in [0.2, 0.25) is 5.91 Å². The highest BCUT2D eigenvalue weighted by molar-refractivity contribution is 5.85. The Morgan fingerprint density at radius 1 is 1.41 bits per heavy atom. The van der Waals surface area contributed by atoms with Gasteiger partial charge in [-0.05, 0) is 31.0 Å². The maximum absolute atomic E-state index is 12.9. The van der Waals surface area contributed by atoms with Gasteiger partial charge in [-0.15, -0.1) is 0 Å². The van der Waals surface area contributed by atoms with Crippen LogP contribution in [-0.2, 0) is 11.3 Å². The first-order chi connectivity index (χ1) is 7.86. The maximum Gasteiger partial charge on any atom is 0.240 e. The standard InChI is InChI=1S/C12H16F2N2O/c1-3-12(2,15)11(17)16-7-8-4-5-9(13)10(14)6-8/h4-6H,3,7,15H2,1-2H3,(H,16,17). The topological polar surface area (TPSA) is 55.1 Å². The summed E-state index contributed by atoms with van der Waals surface area (Å²) in [6, 6.07) is 3.49. The lowest BCUT2D eigenvalue weighted by atomic mass is 9.99. The Morgan fingerprint density at radius 3 is 2.59 bits per heavy atom. The van der Waals surface area contributed by atoms with Gasteiger partial charge < -0.3 is 11.1 Å². The van der Waals surface area contributed by atoms with E-state index in [1.165, 1.54) is 6.07 Å². The number of benzene rings is 1. The highest BCUT2D eigenvalue weighted by Gasteiger charge is 2.25. The van der Waals surface area contributed by atoms with Crippen LogP contribution in [0.1, 0.15) is 25.8 Å². The van der Waals surface area contributed by atoms with E-state index in [1.54, 1.807) is 13.8 Å². The van der Waals surface area contributed by atoms with Gasteiger partial charge in [0.1, 0.15) is 0 Å². The third-order valence-corrected chi connectivity index (χ3v) is 2.69. The molecule has 1 amide bonds. The van der Waals surface area contributed by atoms with E-state index < -0.39 is 17.2 Å². The Morgan fingerprint density at radius 2 is 2.06 bits per heavy atom. The van der Waals surface area contributed by atoms with Crippen LogP contribution < -0.4 is 11.1 Å². The van der Waals surface area contributed by atoms with E-state index in [2.05, 4.69) is 5.32 Å². The lowest BCUT2D eigenvalue weighted by molar-refractivity contribution is -0.126. The summed E-state index contributed by atoms with van der Waals surface area (Å²) in [5.74, 6) is -2.15. The predicted molar refractivity (Wildman–Crippen MR) is 61.1 cm³/mol. The lowest BCUT2D eigenvalue weighted by Gasteiger charge is -2.21. The van der Waals surface area contributed by atoms with Crippen molar-refractivity contribution in [2.75, 3.05) is 0 Å². The summed E-state index contributed by atoms with van der Waals surface area (Å²) in [5.41, 5.74) is 5.28. The fourth-order valence-corrected chi connectivity index (χ4v) is 1.19. The zero-order chi connectivity index (χ0) is 13.1. The van der Waals surface area contributed by atoms with Crippen LogP contribution in [0, 0.1) is 11.6 Å². The molecule has 3 N–H and O–H groups in total. The van der Waals surface area contributed by atoms with Gasteiger partial charge in [-0.2, -0.15) is 0 Å². The molecular formula is C12H16F2N2O. The largest absolute Gasteiger partial charge is 0.350 e. The molecule has 1 atom stereocenters. The van der Waals surface area contributed by atoms with Crippen LogP contribution in [0.2, 0.25) is 0 Å². The summed E-state index contributed by atoms with van der Waals surface area (Å²) in [6.45, 7) is 3.55. The van der Waals surface area contributed by atoms with E-state index in [4.69, 9.17) is 5.73 Å². The van der Waals surface area contributed by atoms with Gasteiger partial charge in [0.15, 0.2) is 11.6 Å². The second-order valence-electron chi connectivity index (χ2n) is 4.20. The Bertz CT molecular complexity index is 419. The summed E-state index contributed by atoms with van der Waals surface area (Å²) in [7, 11) is 0. The molecule has 1 aromatic rings. The van der Waals surface area contributed by atoms with Crippen LogP contribution >= 0.6 is 0 Å². The monoisotopic (exact) mass is 242 g/mol. The number of carbonyl (C=O) groups excluding carboxylic acids is 1. The molecule has 0 heterocycles. The normalized spacial score (nSPS) is 14.2. The van der Waals surface area contributed by atoms with Crippen molar-refractivity contribution in [3.8, 4) is 0 Å². The number of hydrogen-bond donors (Lipinski definition) is 2. The second-order valence-corrected chi connectivity index (χ2v) is 4.20. The van der Waals surface area contributed by atoms with Crippen molar-refractivity contribution in [3.05, 3.63) is 35.4 Å². The van der Waals surface area contributed by atoms with E-state index in [0.29, 0.717) is 12.0 Å². The molecule has 0 saturated carbocycles. The predicted octanol–water partition coefficient (Wildman–Crippen LogP) is 1.71. The number of nitrogens with two attached hydrogens (primary N) is 1. The van der Waals surface area contributed by atoms with Crippen LogP contribution in [-0.4, -0.2) is 11.4 Å². The van der Waals surface area contributed by atoms with Crippen molar-refractivity contribution in [1.29, 1.82) is 0 Å². The van der Waals surface area contributed by atoms with E-state index in [9.17, 15) is 13.6 Å². The van der Waals surface area contributed by atoms with E-state index in [-0.39, 0.29) is 12.5 Å². The number of halogens is 2. The van der Waals surface area contributed by atoms with Crippen molar-refractivity contribution < 1.29 is 13.6 Å². The van der Waals surface area contributed by atoms with Gasteiger partial charge in [-0.25, -0.2) is 8.78 Å². The second kappa shape index (κ2) is 5.23. The summed E-state index contributed by atoms with van der Waals surface area (Å²) < 4.78 is 25.6. The molecule has 0 aliphatic carbocycles. The molecular weight excluding hydrogens is 226 g/mol. The van der Waals surface area contributed by atoms with Crippen molar-refractivity contribution in [2.24, 2.45) is 5.73 Å². The zero-order valence-electron chi connectivity index (χ0n) is 9.89. The fourth-order valence-electron chi connectivity index (χ4n) is 1.19. The van der Waals surface area contributed by atoms with Gasteiger partial charge in [0, 0.05) is 6.54 Å². The molecule has 0 aliphatic rings. The van der Waals surface area contributed by atoms with Gasteiger partial charge in [0.05, 0.1) is 5.54 Å². The molecule has 0 bridgehead atoms. The van der Waals surface area contributed by atoms with E-state index >= 15 is 0 Å². The molecule has 1 unspecified atom stereocenters. The average Bonchev–Trinajstić information content (AvgIpc) is 2.30. The SMILES string of the molecule is CCC(C)(N)C(=O)NCc1ccc(F)c(F)c1. The summed E-state index contributed by atoms with van der Waals surface area (Å²) in [4.78, 5) is 11.6. The highest BCUT2D eigenvalue weighted by Crippen LogP contribution is 2.09. The molecule has 0 spiro atoms. The Balaban J connectivity index is 2.62.